The first-order valence-electron chi connectivity index (χ1n) is 9.90. The molecule has 1 saturated heterocycles. The van der Waals surface area contributed by atoms with Crippen molar-refractivity contribution in [2.75, 3.05) is 32.7 Å². The van der Waals surface area contributed by atoms with Crippen LogP contribution in [0, 0.1) is 0 Å². The van der Waals surface area contributed by atoms with Gasteiger partial charge in [0, 0.05) is 12.1 Å². The molecule has 1 atom stereocenters. The van der Waals surface area contributed by atoms with Gasteiger partial charge in [0.1, 0.15) is 5.60 Å². The molecule has 1 aliphatic rings. The molecule has 0 saturated carbocycles. The lowest BCUT2D eigenvalue weighted by molar-refractivity contribution is 0.0616. The Bertz CT molecular complexity index is 569. The summed E-state index contributed by atoms with van der Waals surface area (Å²) in [6, 6.07) is 9.76. The SMILES string of the molecule is CCNC(=NCC(C)(C)N1CCCCC1)NCC(C)(O)c1ccccc1.I. The van der Waals surface area contributed by atoms with E-state index in [1.807, 2.05) is 37.3 Å². The third-order valence-corrected chi connectivity index (χ3v) is 5.18. The van der Waals surface area contributed by atoms with Gasteiger partial charge in [0.15, 0.2) is 5.96 Å². The van der Waals surface area contributed by atoms with Crippen LogP contribution in [-0.2, 0) is 5.60 Å². The molecule has 0 amide bonds. The van der Waals surface area contributed by atoms with Crippen molar-refractivity contribution < 1.29 is 5.11 Å². The van der Waals surface area contributed by atoms with E-state index in [1.54, 1.807) is 0 Å². The third kappa shape index (κ3) is 7.58. The van der Waals surface area contributed by atoms with E-state index < -0.39 is 5.60 Å². The smallest absolute Gasteiger partial charge is 0.191 e. The van der Waals surface area contributed by atoms with Crippen molar-refractivity contribution in [2.45, 2.75) is 58.1 Å². The number of piperidine rings is 1. The molecular weight excluding hydrogens is 451 g/mol. The van der Waals surface area contributed by atoms with Gasteiger partial charge in [0.2, 0.25) is 0 Å². The molecule has 3 N–H and O–H groups in total. The maximum absolute atomic E-state index is 10.8. The molecule has 0 radical (unpaired) electrons. The molecule has 0 bridgehead atoms. The lowest BCUT2D eigenvalue weighted by Gasteiger charge is -2.40. The van der Waals surface area contributed by atoms with Crippen LogP contribution in [0.4, 0.5) is 0 Å². The summed E-state index contributed by atoms with van der Waals surface area (Å²) < 4.78 is 0. The minimum Gasteiger partial charge on any atom is -0.384 e. The Morgan fingerprint density at radius 3 is 2.30 bits per heavy atom. The van der Waals surface area contributed by atoms with Crippen LogP contribution in [0.2, 0.25) is 0 Å². The number of nitrogens with zero attached hydrogens (tertiary/aromatic N) is 2. The summed E-state index contributed by atoms with van der Waals surface area (Å²) in [4.78, 5) is 7.34. The summed E-state index contributed by atoms with van der Waals surface area (Å²) in [6.07, 6.45) is 3.91. The number of aliphatic imine (C=N–C) groups is 1. The van der Waals surface area contributed by atoms with Gasteiger partial charge >= 0.3 is 0 Å². The van der Waals surface area contributed by atoms with Crippen molar-refractivity contribution in [1.82, 2.24) is 15.5 Å². The number of aliphatic hydroxyl groups is 1. The summed E-state index contributed by atoms with van der Waals surface area (Å²) in [5.41, 5.74) is 0.00174. The van der Waals surface area contributed by atoms with Crippen molar-refractivity contribution in [2.24, 2.45) is 4.99 Å². The number of likely N-dealkylation sites (tertiary alicyclic amines) is 1. The molecule has 1 aliphatic heterocycles. The summed E-state index contributed by atoms with van der Waals surface area (Å²) in [5.74, 6) is 0.758. The fraction of sp³-hybridized carbons (Fsp3) is 0.667. The largest absolute Gasteiger partial charge is 0.384 e. The van der Waals surface area contributed by atoms with Crippen LogP contribution in [0.3, 0.4) is 0 Å². The van der Waals surface area contributed by atoms with Gasteiger partial charge < -0.3 is 15.7 Å². The van der Waals surface area contributed by atoms with Crippen LogP contribution < -0.4 is 10.6 Å². The third-order valence-electron chi connectivity index (χ3n) is 5.18. The van der Waals surface area contributed by atoms with Crippen LogP contribution in [0.1, 0.15) is 52.5 Å². The highest BCUT2D eigenvalue weighted by atomic mass is 127. The van der Waals surface area contributed by atoms with E-state index in [0.717, 1.165) is 37.7 Å². The van der Waals surface area contributed by atoms with Crippen molar-refractivity contribution in [3.05, 3.63) is 35.9 Å². The topological polar surface area (TPSA) is 59.9 Å². The first-order chi connectivity index (χ1) is 12.3. The fourth-order valence-electron chi connectivity index (χ4n) is 3.37. The lowest BCUT2D eigenvalue weighted by atomic mass is 9.96. The normalized spacial score (nSPS) is 18.3. The van der Waals surface area contributed by atoms with Crippen LogP contribution in [-0.4, -0.2) is 54.2 Å². The Hall–Kier alpha value is -0.860. The summed E-state index contributed by atoms with van der Waals surface area (Å²) >= 11 is 0. The van der Waals surface area contributed by atoms with Gasteiger partial charge in [0.05, 0.1) is 13.1 Å². The number of rotatable bonds is 7. The maximum atomic E-state index is 10.8. The second kappa shape index (κ2) is 11.2. The summed E-state index contributed by atoms with van der Waals surface area (Å²) in [6.45, 7) is 12.7. The average molecular weight is 488 g/mol. The minimum absolute atomic E-state index is 0. The molecule has 0 aromatic heterocycles. The first kappa shape index (κ1) is 24.2. The van der Waals surface area contributed by atoms with Gasteiger partial charge in [-0.25, -0.2) is 0 Å². The molecule has 1 fully saturated rings. The molecule has 0 spiro atoms. The standard InChI is InChI=1S/C21H36N4O.HI/c1-5-22-19(23-16-20(2,3)25-14-10-7-11-15-25)24-17-21(4,26)18-12-8-6-9-13-18;/h6,8-9,12-13,26H,5,7,10-11,14-17H2,1-4H3,(H2,22,23,24);1H. The summed E-state index contributed by atoms with van der Waals surface area (Å²) in [7, 11) is 0. The van der Waals surface area contributed by atoms with E-state index in [0.29, 0.717) is 6.54 Å². The number of nitrogens with one attached hydrogen (secondary N) is 2. The first-order valence-corrected chi connectivity index (χ1v) is 9.90. The predicted octanol–water partition coefficient (Wildman–Crippen LogP) is 3.33. The Balaban J connectivity index is 0.00000364. The quantitative estimate of drug-likeness (QED) is 0.313. The molecule has 1 aromatic carbocycles. The molecule has 0 aliphatic carbocycles. The number of hydrogen-bond donors (Lipinski definition) is 3. The number of hydrogen-bond acceptors (Lipinski definition) is 3. The second-order valence-electron chi connectivity index (χ2n) is 8.05. The molecule has 154 valence electrons. The number of benzene rings is 1. The zero-order valence-corrected chi connectivity index (χ0v) is 19.6. The van der Waals surface area contributed by atoms with E-state index >= 15 is 0 Å². The lowest BCUT2D eigenvalue weighted by Crippen LogP contribution is -2.50. The zero-order chi connectivity index (χ0) is 19.0. The molecule has 1 unspecified atom stereocenters. The van der Waals surface area contributed by atoms with E-state index in [2.05, 4.69) is 36.3 Å². The van der Waals surface area contributed by atoms with Crippen LogP contribution >= 0.6 is 24.0 Å². The van der Waals surface area contributed by atoms with E-state index in [1.165, 1.54) is 19.3 Å². The van der Waals surface area contributed by atoms with Crippen LogP contribution in [0.5, 0.6) is 0 Å². The van der Waals surface area contributed by atoms with Crippen molar-refractivity contribution in [3.8, 4) is 0 Å². The number of guanidine groups is 1. The Labute approximate surface area is 182 Å². The Morgan fingerprint density at radius 2 is 1.70 bits per heavy atom. The van der Waals surface area contributed by atoms with Gasteiger partial charge in [-0.3, -0.25) is 9.89 Å². The van der Waals surface area contributed by atoms with Gasteiger partial charge in [-0.1, -0.05) is 36.8 Å². The highest BCUT2D eigenvalue weighted by Gasteiger charge is 2.28. The highest BCUT2D eigenvalue weighted by Crippen LogP contribution is 2.21. The van der Waals surface area contributed by atoms with E-state index in [4.69, 9.17) is 4.99 Å². The van der Waals surface area contributed by atoms with E-state index in [-0.39, 0.29) is 29.5 Å². The molecule has 2 rings (SSSR count). The van der Waals surface area contributed by atoms with Crippen molar-refractivity contribution >= 4 is 29.9 Å². The van der Waals surface area contributed by atoms with Gasteiger partial charge in [0.25, 0.3) is 0 Å². The molecule has 27 heavy (non-hydrogen) atoms. The number of halogens is 1. The molecule has 1 aromatic rings. The van der Waals surface area contributed by atoms with Crippen molar-refractivity contribution in [3.63, 3.8) is 0 Å². The maximum Gasteiger partial charge on any atom is 0.191 e. The molecule has 1 heterocycles. The van der Waals surface area contributed by atoms with Gasteiger partial charge in [-0.15, -0.1) is 24.0 Å². The zero-order valence-electron chi connectivity index (χ0n) is 17.3. The average Bonchev–Trinajstić information content (AvgIpc) is 2.65. The molecule has 5 nitrogen and oxygen atoms in total. The van der Waals surface area contributed by atoms with E-state index in [9.17, 15) is 5.11 Å². The monoisotopic (exact) mass is 488 g/mol. The predicted molar refractivity (Wildman–Crippen MR) is 125 cm³/mol. The van der Waals surface area contributed by atoms with Crippen LogP contribution in [0.25, 0.3) is 0 Å². The second-order valence-corrected chi connectivity index (χ2v) is 8.05. The molecular formula is C21H37IN4O. The van der Waals surface area contributed by atoms with Gasteiger partial charge in [-0.05, 0) is 59.2 Å². The highest BCUT2D eigenvalue weighted by molar-refractivity contribution is 14.0. The fourth-order valence-corrected chi connectivity index (χ4v) is 3.37. The Kier molecular flexibility index (Phi) is 10.0. The minimum atomic E-state index is -0.945. The van der Waals surface area contributed by atoms with Crippen LogP contribution in [0.15, 0.2) is 35.3 Å². The molecule has 6 heteroatoms. The summed E-state index contributed by atoms with van der Waals surface area (Å²) in [5, 5.41) is 17.4. The Morgan fingerprint density at radius 1 is 1.07 bits per heavy atom. The van der Waals surface area contributed by atoms with Crippen molar-refractivity contribution in [1.29, 1.82) is 0 Å². The van der Waals surface area contributed by atoms with Gasteiger partial charge in [-0.2, -0.15) is 0 Å².